The van der Waals surface area contributed by atoms with Crippen LogP contribution in [-0.4, -0.2) is 45.8 Å². The summed E-state index contributed by atoms with van der Waals surface area (Å²) in [6.45, 7) is 3.06. The van der Waals surface area contributed by atoms with E-state index in [4.69, 9.17) is 17.0 Å². The molecule has 1 aromatic carbocycles. The van der Waals surface area contributed by atoms with Crippen LogP contribution in [0.4, 0.5) is 0 Å². The minimum atomic E-state index is -0.0475. The molecule has 0 atom stereocenters. The number of rotatable bonds is 7. The maximum Gasteiger partial charge on any atom is 0.242 e. The second kappa shape index (κ2) is 8.29. The Labute approximate surface area is 161 Å². The van der Waals surface area contributed by atoms with Crippen LogP contribution in [0.5, 0.6) is 5.75 Å². The summed E-state index contributed by atoms with van der Waals surface area (Å²) in [5.41, 5.74) is 1.08. The number of H-pyrrole nitrogens is 1. The lowest BCUT2D eigenvalue weighted by atomic mass is 10.2. The average molecular weight is 389 g/mol. The molecule has 2 heterocycles. The fourth-order valence-corrected chi connectivity index (χ4v) is 3.37. The molecule has 0 unspecified atom stereocenters. The Bertz CT molecular complexity index is 931. The molecule has 0 aliphatic heterocycles. The Kier molecular flexibility index (Phi) is 5.85. The first-order valence-electron chi connectivity index (χ1n) is 8.17. The first kappa shape index (κ1) is 18.3. The summed E-state index contributed by atoms with van der Waals surface area (Å²) in [4.78, 5) is 15.2. The number of likely N-dealkylation sites (N-methyl/N-ethyl adjacent to an activating group) is 1. The number of hydrogen-bond acceptors (Lipinski definition) is 5. The van der Waals surface area contributed by atoms with Crippen molar-refractivity contribution in [3.63, 3.8) is 0 Å². The molecule has 0 aliphatic rings. The number of carbonyl (C=O) groups is 1. The van der Waals surface area contributed by atoms with Gasteiger partial charge >= 0.3 is 0 Å². The van der Waals surface area contributed by atoms with E-state index in [2.05, 4.69) is 10.2 Å². The summed E-state index contributed by atoms with van der Waals surface area (Å²) >= 11 is 6.83. The topological polar surface area (TPSA) is 63.1 Å². The monoisotopic (exact) mass is 388 g/mol. The number of hydrogen-bond donors (Lipinski definition) is 1. The summed E-state index contributed by atoms with van der Waals surface area (Å²) in [6, 6.07) is 11.7. The molecule has 0 radical (unpaired) electrons. The van der Waals surface area contributed by atoms with Gasteiger partial charge in [0.15, 0.2) is 10.6 Å². The third-order valence-electron chi connectivity index (χ3n) is 4.00. The summed E-state index contributed by atoms with van der Waals surface area (Å²) in [6.07, 6.45) is 0. The van der Waals surface area contributed by atoms with Gasteiger partial charge in [-0.25, -0.2) is 0 Å². The minimum Gasteiger partial charge on any atom is -0.491 e. The highest BCUT2D eigenvalue weighted by Gasteiger charge is 2.15. The number of amides is 1. The SMILES string of the molecule is Cc1ccccc1OCCN(C)C(=O)Cn1c(-c2cccs2)n[nH]c1=S. The van der Waals surface area contributed by atoms with Gasteiger partial charge in [0.25, 0.3) is 0 Å². The van der Waals surface area contributed by atoms with Crippen molar-refractivity contribution in [3.8, 4) is 16.5 Å². The quantitative estimate of drug-likeness (QED) is 0.629. The van der Waals surface area contributed by atoms with E-state index < -0.39 is 0 Å². The minimum absolute atomic E-state index is 0.0475. The molecule has 3 aromatic rings. The highest BCUT2D eigenvalue weighted by Crippen LogP contribution is 2.22. The number of benzene rings is 1. The summed E-state index contributed by atoms with van der Waals surface area (Å²) in [5, 5.41) is 8.98. The number of carbonyl (C=O) groups excluding carboxylic acids is 1. The summed E-state index contributed by atoms with van der Waals surface area (Å²) in [5.74, 6) is 1.47. The standard InChI is InChI=1S/C18H20N4O2S2/c1-13-6-3-4-7-14(13)24-10-9-21(2)16(23)12-22-17(19-20-18(22)25)15-8-5-11-26-15/h3-8,11H,9-10,12H2,1-2H3,(H,20,25). The van der Waals surface area contributed by atoms with Gasteiger partial charge in [-0.15, -0.1) is 11.3 Å². The van der Waals surface area contributed by atoms with E-state index in [0.29, 0.717) is 23.7 Å². The molecule has 8 heteroatoms. The van der Waals surface area contributed by atoms with Crippen molar-refractivity contribution in [3.05, 3.63) is 52.1 Å². The Morgan fingerprint density at radius 2 is 2.15 bits per heavy atom. The smallest absolute Gasteiger partial charge is 0.242 e. The summed E-state index contributed by atoms with van der Waals surface area (Å²) < 4.78 is 7.92. The lowest BCUT2D eigenvalue weighted by Gasteiger charge is -2.18. The van der Waals surface area contributed by atoms with Crippen LogP contribution in [0.15, 0.2) is 41.8 Å². The highest BCUT2D eigenvalue weighted by molar-refractivity contribution is 7.71. The van der Waals surface area contributed by atoms with Crippen LogP contribution in [0.2, 0.25) is 0 Å². The van der Waals surface area contributed by atoms with Crippen LogP contribution in [0.3, 0.4) is 0 Å². The average Bonchev–Trinajstić information content (AvgIpc) is 3.27. The van der Waals surface area contributed by atoms with Crippen molar-refractivity contribution >= 4 is 29.5 Å². The Hall–Kier alpha value is -2.45. The van der Waals surface area contributed by atoms with Gasteiger partial charge in [0.2, 0.25) is 5.91 Å². The number of nitrogens with zero attached hydrogens (tertiary/aromatic N) is 3. The number of para-hydroxylation sites is 1. The van der Waals surface area contributed by atoms with Gasteiger partial charge < -0.3 is 9.64 Å². The van der Waals surface area contributed by atoms with Gasteiger partial charge in [0, 0.05) is 7.05 Å². The van der Waals surface area contributed by atoms with Crippen molar-refractivity contribution in [2.75, 3.05) is 20.2 Å². The van der Waals surface area contributed by atoms with E-state index in [-0.39, 0.29) is 12.5 Å². The maximum atomic E-state index is 12.6. The third-order valence-corrected chi connectivity index (χ3v) is 5.17. The normalized spacial score (nSPS) is 10.7. The molecule has 1 N–H and O–H groups in total. The number of thiophene rings is 1. The van der Waals surface area contributed by atoms with Crippen LogP contribution in [0.25, 0.3) is 10.7 Å². The number of aromatic nitrogens is 3. The van der Waals surface area contributed by atoms with Gasteiger partial charge in [0.1, 0.15) is 18.9 Å². The third kappa shape index (κ3) is 4.20. The number of nitrogens with one attached hydrogen (secondary N) is 1. The van der Waals surface area contributed by atoms with E-state index in [1.54, 1.807) is 27.9 Å². The Morgan fingerprint density at radius 1 is 1.35 bits per heavy atom. The fourth-order valence-electron chi connectivity index (χ4n) is 2.45. The highest BCUT2D eigenvalue weighted by atomic mass is 32.1. The predicted octanol–water partition coefficient (Wildman–Crippen LogP) is 3.52. The number of ether oxygens (including phenoxy) is 1. The maximum absolute atomic E-state index is 12.6. The first-order chi connectivity index (χ1) is 12.6. The Morgan fingerprint density at radius 3 is 2.88 bits per heavy atom. The molecule has 0 fully saturated rings. The largest absolute Gasteiger partial charge is 0.491 e. The number of aromatic amines is 1. The zero-order valence-electron chi connectivity index (χ0n) is 14.6. The van der Waals surface area contributed by atoms with Crippen molar-refractivity contribution < 1.29 is 9.53 Å². The molecule has 0 saturated heterocycles. The second-order valence-electron chi connectivity index (χ2n) is 5.85. The Balaban J connectivity index is 1.59. The van der Waals surface area contributed by atoms with Crippen molar-refractivity contribution in [1.29, 1.82) is 0 Å². The van der Waals surface area contributed by atoms with Crippen molar-refractivity contribution in [2.45, 2.75) is 13.5 Å². The van der Waals surface area contributed by atoms with Crippen LogP contribution < -0.4 is 4.74 Å². The van der Waals surface area contributed by atoms with E-state index in [1.165, 1.54) is 0 Å². The van der Waals surface area contributed by atoms with Crippen LogP contribution >= 0.6 is 23.6 Å². The van der Waals surface area contributed by atoms with Gasteiger partial charge in [0.05, 0.1) is 11.4 Å². The van der Waals surface area contributed by atoms with Crippen molar-refractivity contribution in [1.82, 2.24) is 19.7 Å². The molecule has 0 aliphatic carbocycles. The molecule has 0 spiro atoms. The van der Waals surface area contributed by atoms with E-state index in [1.807, 2.05) is 48.7 Å². The first-order valence-corrected chi connectivity index (χ1v) is 9.46. The van der Waals surface area contributed by atoms with E-state index in [0.717, 1.165) is 16.2 Å². The molecule has 2 aromatic heterocycles. The van der Waals surface area contributed by atoms with E-state index >= 15 is 0 Å². The molecule has 0 bridgehead atoms. The fraction of sp³-hybridized carbons (Fsp3) is 0.278. The van der Waals surface area contributed by atoms with Gasteiger partial charge in [-0.3, -0.25) is 14.5 Å². The molecule has 6 nitrogen and oxygen atoms in total. The van der Waals surface area contributed by atoms with Crippen LogP contribution in [-0.2, 0) is 11.3 Å². The molecular formula is C18H20N4O2S2. The lowest BCUT2D eigenvalue weighted by molar-refractivity contribution is -0.130. The molecule has 1 amide bonds. The molecule has 136 valence electrons. The van der Waals surface area contributed by atoms with Crippen molar-refractivity contribution in [2.24, 2.45) is 0 Å². The molecule has 3 rings (SSSR count). The lowest BCUT2D eigenvalue weighted by Crippen LogP contribution is -2.33. The van der Waals surface area contributed by atoms with Gasteiger partial charge in [-0.05, 0) is 42.2 Å². The number of aryl methyl sites for hydroxylation is 1. The van der Waals surface area contributed by atoms with E-state index in [9.17, 15) is 4.79 Å². The van der Waals surface area contributed by atoms with Gasteiger partial charge in [-0.1, -0.05) is 24.3 Å². The van der Waals surface area contributed by atoms with Crippen LogP contribution in [0, 0.1) is 11.7 Å². The second-order valence-corrected chi connectivity index (χ2v) is 7.18. The zero-order valence-corrected chi connectivity index (χ0v) is 16.3. The molecule has 26 heavy (non-hydrogen) atoms. The van der Waals surface area contributed by atoms with Crippen LogP contribution in [0.1, 0.15) is 5.56 Å². The zero-order chi connectivity index (χ0) is 18.5. The van der Waals surface area contributed by atoms with Gasteiger partial charge in [-0.2, -0.15) is 5.10 Å². The predicted molar refractivity (Wildman–Crippen MR) is 105 cm³/mol. The summed E-state index contributed by atoms with van der Waals surface area (Å²) in [7, 11) is 1.76. The molecular weight excluding hydrogens is 368 g/mol. The molecule has 0 saturated carbocycles.